The molecule has 2 aromatic carbocycles. The minimum Gasteiger partial charge on any atom is -0.358 e. The van der Waals surface area contributed by atoms with Crippen LogP contribution in [0.3, 0.4) is 0 Å². The monoisotopic (exact) mass is 551 g/mol. The number of halogens is 2. The number of aryl methyl sites for hydroxylation is 1. The van der Waals surface area contributed by atoms with Gasteiger partial charge in [0.25, 0.3) is 0 Å². The minimum atomic E-state index is -0.490. The van der Waals surface area contributed by atoms with Crippen LogP contribution in [-0.2, 0) is 17.9 Å². The van der Waals surface area contributed by atoms with Gasteiger partial charge in [0.15, 0.2) is 0 Å². The van der Waals surface area contributed by atoms with Crippen LogP contribution in [0.2, 0.25) is 10.0 Å². The number of hydrogen-bond donors (Lipinski definition) is 3. The lowest BCUT2D eigenvalue weighted by Gasteiger charge is -2.21. The van der Waals surface area contributed by atoms with Gasteiger partial charge in [0.1, 0.15) is 24.0 Å². The van der Waals surface area contributed by atoms with Crippen LogP contribution < -0.4 is 16.0 Å². The van der Waals surface area contributed by atoms with Crippen molar-refractivity contribution in [3.05, 3.63) is 94.0 Å². The Morgan fingerprint density at radius 2 is 1.76 bits per heavy atom. The lowest BCUT2D eigenvalue weighted by molar-refractivity contribution is -0.122. The molecule has 0 unspecified atom stereocenters. The lowest BCUT2D eigenvalue weighted by Crippen LogP contribution is -2.40. The molecule has 0 fully saturated rings. The molecule has 4 rings (SSSR count). The summed E-state index contributed by atoms with van der Waals surface area (Å²) in [4.78, 5) is 26.9. The Bertz CT molecular complexity index is 1370. The lowest BCUT2D eigenvalue weighted by atomic mass is 10.0. The van der Waals surface area contributed by atoms with E-state index in [1.807, 2.05) is 72.3 Å². The SMILES string of the molecule is Cc1cn(-c2cc(N[C@H](CC(C)C)C(=O)NCc3ccc(Cl)cc3)nc(NCc3cccc(Cl)c3)n2)cn1. The smallest absolute Gasteiger partial charge is 0.242 e. The number of rotatable bonds is 11. The molecule has 198 valence electrons. The molecule has 0 aliphatic rings. The summed E-state index contributed by atoms with van der Waals surface area (Å²) in [6.07, 6.45) is 4.21. The summed E-state index contributed by atoms with van der Waals surface area (Å²) in [5.41, 5.74) is 2.84. The Balaban J connectivity index is 1.55. The van der Waals surface area contributed by atoms with Gasteiger partial charge in [-0.1, -0.05) is 61.3 Å². The van der Waals surface area contributed by atoms with Crippen molar-refractivity contribution in [2.45, 2.75) is 46.3 Å². The van der Waals surface area contributed by atoms with Gasteiger partial charge in [0.05, 0.1) is 5.69 Å². The van der Waals surface area contributed by atoms with E-state index in [0.29, 0.717) is 47.1 Å². The van der Waals surface area contributed by atoms with E-state index in [-0.39, 0.29) is 11.8 Å². The van der Waals surface area contributed by atoms with E-state index < -0.39 is 6.04 Å². The Labute approximate surface area is 232 Å². The predicted octanol–water partition coefficient (Wildman–Crippen LogP) is 6.03. The molecule has 0 aliphatic carbocycles. The molecule has 0 saturated heterocycles. The van der Waals surface area contributed by atoms with Gasteiger partial charge >= 0.3 is 0 Å². The average molecular weight is 553 g/mol. The maximum atomic E-state index is 13.2. The standard InChI is InChI=1S/C28H31Cl2N7O/c1-18(2)11-24(27(38)31-14-20-7-9-22(29)10-8-20)34-25-13-26(37-16-19(3)33-17-37)36-28(35-25)32-15-21-5-4-6-23(30)12-21/h4-10,12-13,16-18,24H,11,14-15H2,1-3H3,(H,31,38)(H2,32,34,35,36)/t24-/m1/s1. The van der Waals surface area contributed by atoms with Gasteiger partial charge < -0.3 is 16.0 Å². The molecule has 2 aromatic heterocycles. The van der Waals surface area contributed by atoms with Crippen LogP contribution in [0.1, 0.15) is 37.1 Å². The van der Waals surface area contributed by atoms with Crippen molar-refractivity contribution in [3.63, 3.8) is 0 Å². The van der Waals surface area contributed by atoms with Crippen molar-refractivity contribution in [2.75, 3.05) is 10.6 Å². The van der Waals surface area contributed by atoms with Crippen molar-refractivity contribution < 1.29 is 4.79 Å². The van der Waals surface area contributed by atoms with Gasteiger partial charge in [-0.3, -0.25) is 9.36 Å². The van der Waals surface area contributed by atoms with Crippen LogP contribution in [0, 0.1) is 12.8 Å². The van der Waals surface area contributed by atoms with Gasteiger partial charge in [-0.15, -0.1) is 0 Å². The number of nitrogens with zero attached hydrogens (tertiary/aromatic N) is 4. The molecule has 0 aliphatic heterocycles. The largest absolute Gasteiger partial charge is 0.358 e. The second kappa shape index (κ2) is 12.8. The maximum absolute atomic E-state index is 13.2. The van der Waals surface area contributed by atoms with E-state index in [1.165, 1.54) is 0 Å². The molecule has 1 atom stereocenters. The van der Waals surface area contributed by atoms with Crippen molar-refractivity contribution >= 4 is 40.9 Å². The molecule has 10 heteroatoms. The zero-order valence-corrected chi connectivity index (χ0v) is 23.1. The zero-order valence-electron chi connectivity index (χ0n) is 21.6. The fourth-order valence-corrected chi connectivity index (χ4v) is 4.23. The summed E-state index contributed by atoms with van der Waals surface area (Å²) >= 11 is 12.1. The van der Waals surface area contributed by atoms with Crippen LogP contribution >= 0.6 is 23.2 Å². The molecule has 1 amide bonds. The first-order chi connectivity index (χ1) is 18.2. The molecule has 4 aromatic rings. The van der Waals surface area contributed by atoms with E-state index in [2.05, 4.69) is 44.7 Å². The highest BCUT2D eigenvalue weighted by Crippen LogP contribution is 2.19. The number of benzene rings is 2. The number of carbonyl (C=O) groups excluding carboxylic acids is 1. The first-order valence-corrected chi connectivity index (χ1v) is 13.2. The molecule has 0 bridgehead atoms. The fourth-order valence-electron chi connectivity index (χ4n) is 3.89. The third-order valence-electron chi connectivity index (χ3n) is 5.75. The second-order valence-electron chi connectivity index (χ2n) is 9.51. The Morgan fingerprint density at radius 1 is 0.974 bits per heavy atom. The summed E-state index contributed by atoms with van der Waals surface area (Å²) in [7, 11) is 0. The van der Waals surface area contributed by atoms with Crippen LogP contribution in [-0.4, -0.2) is 31.5 Å². The van der Waals surface area contributed by atoms with Crippen LogP contribution in [0.4, 0.5) is 11.8 Å². The molecular weight excluding hydrogens is 521 g/mol. The number of anilines is 2. The molecule has 2 heterocycles. The highest BCUT2D eigenvalue weighted by molar-refractivity contribution is 6.30. The van der Waals surface area contributed by atoms with Crippen molar-refractivity contribution in [1.29, 1.82) is 0 Å². The van der Waals surface area contributed by atoms with Gasteiger partial charge in [-0.25, -0.2) is 4.98 Å². The van der Waals surface area contributed by atoms with Gasteiger partial charge in [-0.2, -0.15) is 9.97 Å². The summed E-state index contributed by atoms with van der Waals surface area (Å²) in [6.45, 7) is 6.97. The molecule has 0 spiro atoms. The topological polar surface area (TPSA) is 96.8 Å². The Kier molecular flexibility index (Phi) is 9.20. The van der Waals surface area contributed by atoms with Crippen molar-refractivity contribution in [2.24, 2.45) is 5.92 Å². The van der Waals surface area contributed by atoms with E-state index in [4.69, 9.17) is 23.2 Å². The highest BCUT2D eigenvalue weighted by atomic mass is 35.5. The molecule has 0 saturated carbocycles. The summed E-state index contributed by atoms with van der Waals surface area (Å²) in [5.74, 6) is 1.75. The van der Waals surface area contributed by atoms with Gasteiger partial charge in [0, 0.05) is 35.4 Å². The Morgan fingerprint density at radius 3 is 2.45 bits per heavy atom. The number of amides is 1. The first kappa shape index (κ1) is 27.4. The third-order valence-corrected chi connectivity index (χ3v) is 6.24. The van der Waals surface area contributed by atoms with Crippen LogP contribution in [0.15, 0.2) is 67.1 Å². The number of hydrogen-bond acceptors (Lipinski definition) is 6. The Hall–Kier alpha value is -3.62. The first-order valence-electron chi connectivity index (χ1n) is 12.4. The number of aromatic nitrogens is 4. The summed E-state index contributed by atoms with van der Waals surface area (Å²) in [5, 5.41) is 11.0. The molecule has 0 radical (unpaired) electrons. The van der Waals surface area contributed by atoms with Crippen LogP contribution in [0.25, 0.3) is 5.82 Å². The van der Waals surface area contributed by atoms with E-state index in [0.717, 1.165) is 16.8 Å². The average Bonchev–Trinajstić information content (AvgIpc) is 3.32. The molecule has 8 nitrogen and oxygen atoms in total. The quantitative estimate of drug-likeness (QED) is 0.210. The van der Waals surface area contributed by atoms with Crippen LogP contribution in [0.5, 0.6) is 0 Å². The summed E-state index contributed by atoms with van der Waals surface area (Å²) in [6, 6.07) is 16.3. The maximum Gasteiger partial charge on any atom is 0.242 e. The highest BCUT2D eigenvalue weighted by Gasteiger charge is 2.21. The molecule has 38 heavy (non-hydrogen) atoms. The third kappa shape index (κ3) is 7.94. The fraction of sp³-hybridized carbons (Fsp3) is 0.286. The summed E-state index contributed by atoms with van der Waals surface area (Å²) < 4.78 is 1.82. The second-order valence-corrected chi connectivity index (χ2v) is 10.4. The van der Waals surface area contributed by atoms with E-state index >= 15 is 0 Å². The van der Waals surface area contributed by atoms with E-state index in [9.17, 15) is 4.79 Å². The van der Waals surface area contributed by atoms with Crippen molar-refractivity contribution in [1.82, 2.24) is 24.8 Å². The molecule has 3 N–H and O–H groups in total. The van der Waals surface area contributed by atoms with Crippen molar-refractivity contribution in [3.8, 4) is 5.82 Å². The minimum absolute atomic E-state index is 0.110. The number of carbonyl (C=O) groups is 1. The number of nitrogens with one attached hydrogen (secondary N) is 3. The van der Waals surface area contributed by atoms with E-state index in [1.54, 1.807) is 6.33 Å². The predicted molar refractivity (Wildman–Crippen MR) is 153 cm³/mol. The normalized spacial score (nSPS) is 11.8. The molecular formula is C28H31Cl2N7O. The zero-order chi connectivity index (χ0) is 27.1. The van der Waals surface area contributed by atoms with Gasteiger partial charge in [0.2, 0.25) is 11.9 Å². The van der Waals surface area contributed by atoms with Gasteiger partial charge in [-0.05, 0) is 54.7 Å². The number of imidazole rings is 1.